The number of imidazole rings is 1. The van der Waals surface area contributed by atoms with Crippen LogP contribution >= 0.6 is 27.7 Å². The highest BCUT2D eigenvalue weighted by Crippen LogP contribution is 2.28. The van der Waals surface area contributed by atoms with E-state index in [9.17, 15) is 4.79 Å². The molecule has 100 valence electrons. The number of aromatic nitrogens is 2. The van der Waals surface area contributed by atoms with Crippen molar-refractivity contribution >= 4 is 33.7 Å². The van der Waals surface area contributed by atoms with E-state index < -0.39 is 5.97 Å². The molecule has 0 atom stereocenters. The highest BCUT2D eigenvalue weighted by Gasteiger charge is 2.13. The lowest BCUT2D eigenvalue weighted by Gasteiger charge is -2.11. The van der Waals surface area contributed by atoms with Crippen molar-refractivity contribution in [2.75, 3.05) is 5.75 Å². The molecule has 0 aliphatic rings. The molecule has 1 aromatic carbocycles. The Bertz CT molecular complexity index is 625. The summed E-state index contributed by atoms with van der Waals surface area (Å²) in [7, 11) is 0. The normalized spacial score (nSPS) is 10.7. The molecule has 0 fully saturated rings. The number of thioether (sulfide) groups is 1. The number of aliphatic carboxylic acids is 1. The number of carboxylic acids is 1. The Hall–Kier alpha value is -1.27. The average molecular weight is 341 g/mol. The Morgan fingerprint density at radius 2 is 2.21 bits per heavy atom. The van der Waals surface area contributed by atoms with Crippen molar-refractivity contribution in [2.24, 2.45) is 0 Å². The average Bonchev–Trinajstić information content (AvgIpc) is 2.68. The van der Waals surface area contributed by atoms with Crippen LogP contribution in [0.3, 0.4) is 0 Å². The number of carboxylic acid groups (broad SMARTS) is 1. The summed E-state index contributed by atoms with van der Waals surface area (Å²) in [5, 5.41) is 9.45. The van der Waals surface area contributed by atoms with Gasteiger partial charge < -0.3 is 5.11 Å². The lowest BCUT2D eigenvalue weighted by atomic mass is 10.2. The van der Waals surface area contributed by atoms with Gasteiger partial charge in [-0.25, -0.2) is 4.98 Å². The molecule has 0 aliphatic heterocycles. The zero-order chi connectivity index (χ0) is 14.0. The molecule has 0 amide bonds. The molecule has 1 heterocycles. The Morgan fingerprint density at radius 3 is 2.84 bits per heavy atom. The first-order valence-corrected chi connectivity index (χ1v) is 7.42. The van der Waals surface area contributed by atoms with Gasteiger partial charge in [0, 0.05) is 16.4 Å². The molecule has 2 rings (SSSR count). The van der Waals surface area contributed by atoms with E-state index in [4.69, 9.17) is 5.11 Å². The summed E-state index contributed by atoms with van der Waals surface area (Å²) in [6, 6.07) is 6.05. The number of hydrogen-bond donors (Lipinski definition) is 1. The first kappa shape index (κ1) is 14.1. The lowest BCUT2D eigenvalue weighted by molar-refractivity contribution is -0.133. The Morgan fingerprint density at radius 1 is 1.47 bits per heavy atom. The Kier molecular flexibility index (Phi) is 4.31. The van der Waals surface area contributed by atoms with Crippen LogP contribution in [0.15, 0.2) is 34.0 Å². The third kappa shape index (κ3) is 3.19. The van der Waals surface area contributed by atoms with Crippen molar-refractivity contribution in [3.05, 3.63) is 40.1 Å². The molecular formula is C13H13BrN2O2S. The fourth-order valence-electron chi connectivity index (χ4n) is 1.73. The molecular weight excluding hydrogens is 328 g/mol. The van der Waals surface area contributed by atoms with Gasteiger partial charge in [-0.1, -0.05) is 17.8 Å². The first-order chi connectivity index (χ1) is 8.99. The summed E-state index contributed by atoms with van der Waals surface area (Å²) in [4.78, 5) is 14.9. The van der Waals surface area contributed by atoms with Crippen LogP contribution in [0.4, 0.5) is 0 Å². The van der Waals surface area contributed by atoms with E-state index in [2.05, 4.69) is 20.9 Å². The summed E-state index contributed by atoms with van der Waals surface area (Å²) < 4.78 is 2.92. The number of hydrogen-bond acceptors (Lipinski definition) is 3. The second-order valence-corrected chi connectivity index (χ2v) is 5.95. The van der Waals surface area contributed by atoms with Crippen LogP contribution in [0.5, 0.6) is 0 Å². The fourth-order valence-corrected chi connectivity index (χ4v) is 3.15. The van der Waals surface area contributed by atoms with Crippen molar-refractivity contribution < 1.29 is 9.90 Å². The molecule has 2 aromatic rings. The second kappa shape index (κ2) is 5.79. The SMILES string of the molecule is Cc1ccc(-n2c(C)cnc2SCC(=O)O)c(Br)c1. The minimum Gasteiger partial charge on any atom is -0.481 e. The zero-order valence-electron chi connectivity index (χ0n) is 10.6. The van der Waals surface area contributed by atoms with E-state index in [0.29, 0.717) is 5.16 Å². The predicted molar refractivity (Wildman–Crippen MR) is 79.1 cm³/mol. The summed E-state index contributed by atoms with van der Waals surface area (Å²) in [5.74, 6) is -0.847. The second-order valence-electron chi connectivity index (χ2n) is 4.15. The molecule has 0 saturated heterocycles. The van der Waals surface area contributed by atoms with Crippen molar-refractivity contribution in [2.45, 2.75) is 19.0 Å². The van der Waals surface area contributed by atoms with E-state index in [-0.39, 0.29) is 5.75 Å². The maximum atomic E-state index is 10.7. The molecule has 0 unspecified atom stereocenters. The Balaban J connectivity index is 2.43. The van der Waals surface area contributed by atoms with E-state index in [1.54, 1.807) is 6.20 Å². The molecule has 0 saturated carbocycles. The highest BCUT2D eigenvalue weighted by atomic mass is 79.9. The van der Waals surface area contributed by atoms with Gasteiger partial charge in [0.15, 0.2) is 5.16 Å². The molecule has 0 bridgehead atoms. The molecule has 19 heavy (non-hydrogen) atoms. The number of carbonyl (C=O) groups is 1. The van der Waals surface area contributed by atoms with Crippen LogP contribution in [0.1, 0.15) is 11.3 Å². The van der Waals surface area contributed by atoms with Crippen LogP contribution < -0.4 is 0 Å². The van der Waals surface area contributed by atoms with Gasteiger partial charge >= 0.3 is 5.97 Å². The van der Waals surface area contributed by atoms with Crippen molar-refractivity contribution in [1.82, 2.24) is 9.55 Å². The van der Waals surface area contributed by atoms with E-state index in [1.807, 2.05) is 36.6 Å². The third-order valence-corrected chi connectivity index (χ3v) is 4.15. The maximum Gasteiger partial charge on any atom is 0.313 e. The van der Waals surface area contributed by atoms with Gasteiger partial charge in [0.1, 0.15) is 0 Å². The molecule has 0 radical (unpaired) electrons. The predicted octanol–water partition coefficient (Wildman–Crippen LogP) is 3.43. The third-order valence-electron chi connectivity index (χ3n) is 2.57. The largest absolute Gasteiger partial charge is 0.481 e. The topological polar surface area (TPSA) is 55.1 Å². The summed E-state index contributed by atoms with van der Waals surface area (Å²) in [5.41, 5.74) is 3.10. The van der Waals surface area contributed by atoms with Gasteiger partial charge in [0.25, 0.3) is 0 Å². The van der Waals surface area contributed by atoms with Gasteiger partial charge in [-0.15, -0.1) is 0 Å². The minimum atomic E-state index is -0.847. The molecule has 6 heteroatoms. The van der Waals surface area contributed by atoms with Gasteiger partial charge in [0.2, 0.25) is 0 Å². The van der Waals surface area contributed by atoms with Gasteiger partial charge in [-0.2, -0.15) is 0 Å². The Labute approximate surface area is 124 Å². The fraction of sp³-hybridized carbons (Fsp3) is 0.231. The van der Waals surface area contributed by atoms with Crippen LogP contribution in [0.2, 0.25) is 0 Å². The van der Waals surface area contributed by atoms with E-state index in [1.165, 1.54) is 11.8 Å². The standard InChI is InChI=1S/C13H13BrN2O2S/c1-8-3-4-11(10(14)5-8)16-9(2)6-15-13(16)19-7-12(17)18/h3-6H,7H2,1-2H3,(H,17,18). The molecule has 4 nitrogen and oxygen atoms in total. The quantitative estimate of drug-likeness (QED) is 0.866. The number of aryl methyl sites for hydroxylation is 2. The molecule has 0 spiro atoms. The van der Waals surface area contributed by atoms with Crippen molar-refractivity contribution in [3.8, 4) is 5.69 Å². The first-order valence-electron chi connectivity index (χ1n) is 5.64. The van der Waals surface area contributed by atoms with Gasteiger partial charge in [-0.05, 0) is 47.5 Å². The summed E-state index contributed by atoms with van der Waals surface area (Å²) in [6.45, 7) is 3.97. The smallest absolute Gasteiger partial charge is 0.313 e. The molecule has 0 aliphatic carbocycles. The summed E-state index contributed by atoms with van der Waals surface area (Å²) in [6.07, 6.45) is 1.75. The van der Waals surface area contributed by atoms with Gasteiger partial charge in [0.05, 0.1) is 11.4 Å². The minimum absolute atomic E-state index is 0.0000657. The number of halogens is 1. The molecule has 1 aromatic heterocycles. The zero-order valence-corrected chi connectivity index (χ0v) is 13.0. The van der Waals surface area contributed by atoms with E-state index in [0.717, 1.165) is 21.4 Å². The lowest BCUT2D eigenvalue weighted by Crippen LogP contribution is -2.03. The van der Waals surface area contributed by atoms with Crippen LogP contribution in [-0.4, -0.2) is 26.4 Å². The number of benzene rings is 1. The van der Waals surface area contributed by atoms with Crippen molar-refractivity contribution in [1.29, 1.82) is 0 Å². The summed E-state index contributed by atoms with van der Waals surface area (Å²) >= 11 is 4.76. The van der Waals surface area contributed by atoms with Gasteiger partial charge in [-0.3, -0.25) is 9.36 Å². The van der Waals surface area contributed by atoms with Crippen LogP contribution in [0.25, 0.3) is 5.69 Å². The van der Waals surface area contributed by atoms with Crippen LogP contribution in [0, 0.1) is 13.8 Å². The number of rotatable bonds is 4. The highest BCUT2D eigenvalue weighted by molar-refractivity contribution is 9.10. The number of nitrogens with zero attached hydrogens (tertiary/aromatic N) is 2. The maximum absolute atomic E-state index is 10.7. The van der Waals surface area contributed by atoms with E-state index >= 15 is 0 Å². The van der Waals surface area contributed by atoms with Crippen LogP contribution in [-0.2, 0) is 4.79 Å². The molecule has 1 N–H and O–H groups in total. The van der Waals surface area contributed by atoms with Crippen molar-refractivity contribution in [3.63, 3.8) is 0 Å². The monoisotopic (exact) mass is 340 g/mol.